The Bertz CT molecular complexity index is 262. The van der Waals surface area contributed by atoms with Gasteiger partial charge in [-0.15, -0.1) is 0 Å². The van der Waals surface area contributed by atoms with Gasteiger partial charge in [0.05, 0.1) is 5.91 Å². The minimum absolute atomic E-state index is 0. The number of carbonyl (C=O) groups is 1. The van der Waals surface area contributed by atoms with Crippen LogP contribution in [0.2, 0.25) is 0 Å². The van der Waals surface area contributed by atoms with Crippen molar-refractivity contribution in [2.75, 3.05) is 5.32 Å². The van der Waals surface area contributed by atoms with Crippen LogP contribution in [0.15, 0.2) is 30.3 Å². The van der Waals surface area contributed by atoms with Crippen molar-refractivity contribution in [3.8, 4) is 0 Å². The first-order valence-corrected chi connectivity index (χ1v) is 4.47. The number of rotatable bonds is 1. The number of anilines is 1. The smallest absolute Gasteiger partial charge is 0.351 e. The molecule has 87 valence electrons. The predicted octanol–water partition coefficient (Wildman–Crippen LogP) is 3.07. The number of para-hydroxylation sites is 1. The third-order valence-electron chi connectivity index (χ3n) is 1.06. The summed E-state index contributed by atoms with van der Waals surface area (Å²) in [5.74, 6) is 1.13. The van der Waals surface area contributed by atoms with Crippen LogP contribution in [0.3, 0.4) is 0 Å². The van der Waals surface area contributed by atoms with Crippen molar-refractivity contribution in [2.24, 2.45) is 0 Å². The molecule has 1 rings (SSSR count). The molecule has 0 atom stereocenters. The Morgan fingerprint density at radius 1 is 1.19 bits per heavy atom. The zero-order valence-corrected chi connectivity index (χ0v) is 14.2. The average Bonchev–Trinajstić information content (AvgIpc) is 2.03. The van der Waals surface area contributed by atoms with Crippen LogP contribution < -0.4 is 5.32 Å². The summed E-state index contributed by atoms with van der Waals surface area (Å²) in [7, 11) is 0. The van der Waals surface area contributed by atoms with Crippen LogP contribution in [0.25, 0.3) is 0 Å². The van der Waals surface area contributed by atoms with E-state index in [2.05, 4.69) is 33.0 Å². The number of benzene rings is 1. The molecular weight excluding hydrogens is 409 g/mol. The van der Waals surface area contributed by atoms with Crippen LogP contribution in [-0.2, 0) is 44.4 Å². The molecule has 0 fully saturated rings. The third-order valence-corrected chi connectivity index (χ3v) is 1.06. The second-order valence-electron chi connectivity index (χ2n) is 3.41. The second-order valence-corrected chi connectivity index (χ2v) is 3.41. The first kappa shape index (κ1) is 21.2. The van der Waals surface area contributed by atoms with Crippen molar-refractivity contribution in [1.82, 2.24) is 0 Å². The van der Waals surface area contributed by atoms with Crippen LogP contribution in [0.4, 0.5) is 5.69 Å². The normalized spacial score (nSPS) is 7.75. The van der Waals surface area contributed by atoms with Crippen LogP contribution in [0.5, 0.6) is 0 Å². The molecular formula is C12H17NOVW. The summed E-state index contributed by atoms with van der Waals surface area (Å²) in [5.41, 5.74) is 0.780. The number of carbonyl (C=O) groups excluding carboxylic acids is 1. The molecule has 0 saturated heterocycles. The predicted molar refractivity (Wildman–Crippen MR) is 60.7 cm³/mol. The van der Waals surface area contributed by atoms with Gasteiger partial charge in [0, 0.05) is 26.8 Å². The summed E-state index contributed by atoms with van der Waals surface area (Å²) in [6.45, 7) is 9.43. The minimum Gasteiger partial charge on any atom is -0.351 e. The number of hydrogen-bond donors (Lipinski definition) is 1. The topological polar surface area (TPSA) is 29.1 Å². The molecule has 1 N–H and O–H groups in total. The fraction of sp³-hybridized carbons (Fsp3) is 0.250. The Morgan fingerprint density at radius 3 is 1.88 bits per heavy atom. The Morgan fingerprint density at radius 2 is 1.56 bits per heavy atom. The van der Waals surface area contributed by atoms with Crippen molar-refractivity contribution < 1.29 is 44.4 Å². The molecule has 0 heterocycles. The molecule has 0 unspecified atom stereocenters. The van der Waals surface area contributed by atoms with Crippen LogP contribution in [-0.4, -0.2) is 5.91 Å². The fourth-order valence-corrected chi connectivity index (χ4v) is 0.682. The van der Waals surface area contributed by atoms with Crippen LogP contribution >= 0.6 is 0 Å². The van der Waals surface area contributed by atoms with Crippen molar-refractivity contribution in [3.05, 3.63) is 43.2 Å². The molecule has 1 aromatic rings. The van der Waals surface area contributed by atoms with Crippen LogP contribution in [0, 0.1) is 12.8 Å². The molecule has 0 bridgehead atoms. The van der Waals surface area contributed by atoms with E-state index in [-0.39, 0.29) is 45.5 Å². The summed E-state index contributed by atoms with van der Waals surface area (Å²) in [6, 6.07) is 9.21. The first-order valence-electron chi connectivity index (χ1n) is 4.47. The van der Waals surface area contributed by atoms with E-state index >= 15 is 0 Å². The molecule has 16 heavy (non-hydrogen) atoms. The van der Waals surface area contributed by atoms with Gasteiger partial charge < -0.3 is 23.0 Å². The molecule has 0 aliphatic rings. The largest absolute Gasteiger partial charge is 2.00 e. The summed E-state index contributed by atoms with van der Waals surface area (Å²) >= 11 is 0. The standard InChI is InChI=1S/C8H8NO.C4H9.V.W/c1-7(10)9-8-5-3-2-4-6-8;1-4(2)3;;/h2-6H,1H2,(H,9,10);1-3H3;;/q2*-1;+2;. The summed E-state index contributed by atoms with van der Waals surface area (Å²) in [5, 5.41) is 2.55. The third kappa shape index (κ3) is 16.3. The molecule has 4 heteroatoms. The number of nitrogens with one attached hydrogen (secondary N) is 1. The van der Waals surface area contributed by atoms with Gasteiger partial charge in [0.15, 0.2) is 0 Å². The van der Waals surface area contributed by atoms with Gasteiger partial charge >= 0.3 is 18.6 Å². The molecule has 1 radical (unpaired) electrons. The second kappa shape index (κ2) is 12.9. The molecule has 0 aromatic heterocycles. The molecule has 2 nitrogen and oxygen atoms in total. The van der Waals surface area contributed by atoms with Crippen LogP contribution in [0.1, 0.15) is 20.8 Å². The van der Waals surface area contributed by atoms with E-state index in [4.69, 9.17) is 0 Å². The number of amides is 1. The molecule has 1 amide bonds. The van der Waals surface area contributed by atoms with E-state index in [0.717, 1.165) is 5.69 Å². The monoisotopic (exact) mass is 426 g/mol. The van der Waals surface area contributed by atoms with Crippen molar-refractivity contribution >= 4 is 11.6 Å². The summed E-state index contributed by atoms with van der Waals surface area (Å²) in [4.78, 5) is 10.4. The van der Waals surface area contributed by atoms with Gasteiger partial charge in [-0.25, -0.2) is 0 Å². The van der Waals surface area contributed by atoms with Gasteiger partial charge in [-0.05, 0) is 12.1 Å². The van der Waals surface area contributed by atoms with E-state index in [1.165, 1.54) is 5.92 Å². The molecule has 0 aliphatic heterocycles. The van der Waals surface area contributed by atoms with E-state index < -0.39 is 0 Å². The molecule has 0 aliphatic carbocycles. The maximum absolute atomic E-state index is 10.4. The minimum atomic E-state index is -0.286. The molecule has 0 spiro atoms. The summed E-state index contributed by atoms with van der Waals surface area (Å²) < 4.78 is 0. The van der Waals surface area contributed by atoms with Crippen molar-refractivity contribution in [2.45, 2.75) is 20.8 Å². The Kier molecular flexibility index (Phi) is 17.1. The average molecular weight is 426 g/mol. The molecule has 1 aromatic carbocycles. The first-order chi connectivity index (χ1) is 6.52. The maximum Gasteiger partial charge on any atom is 2.00 e. The fourth-order valence-electron chi connectivity index (χ4n) is 0.682. The van der Waals surface area contributed by atoms with Gasteiger partial charge in [-0.1, -0.05) is 18.2 Å². The Labute approximate surface area is 125 Å². The van der Waals surface area contributed by atoms with Gasteiger partial charge in [0.1, 0.15) is 0 Å². The van der Waals surface area contributed by atoms with Crippen molar-refractivity contribution in [1.29, 1.82) is 0 Å². The zero-order valence-electron chi connectivity index (χ0n) is 9.86. The quantitative estimate of drug-likeness (QED) is 0.688. The number of hydrogen-bond acceptors (Lipinski definition) is 1. The van der Waals surface area contributed by atoms with Gasteiger partial charge in [0.2, 0.25) is 0 Å². The SMILES string of the molecule is C[C-](C)C.[CH2-]C(=O)Nc1ccccc1.[V+2].[W]. The Hall–Kier alpha value is -0.167. The van der Waals surface area contributed by atoms with E-state index in [1.54, 1.807) is 0 Å². The summed E-state index contributed by atoms with van der Waals surface area (Å²) in [6.07, 6.45) is 0. The van der Waals surface area contributed by atoms with Gasteiger partial charge in [-0.3, -0.25) is 0 Å². The van der Waals surface area contributed by atoms with Crippen molar-refractivity contribution in [3.63, 3.8) is 0 Å². The molecule has 0 saturated carbocycles. The van der Waals surface area contributed by atoms with Gasteiger partial charge in [0.25, 0.3) is 0 Å². The van der Waals surface area contributed by atoms with E-state index in [9.17, 15) is 4.79 Å². The maximum atomic E-state index is 10.4. The Balaban J connectivity index is -0.000000249. The van der Waals surface area contributed by atoms with E-state index in [1.807, 2.05) is 30.3 Å². The van der Waals surface area contributed by atoms with E-state index in [0.29, 0.717) is 0 Å². The zero-order chi connectivity index (χ0) is 11.0. The van der Waals surface area contributed by atoms with Gasteiger partial charge in [-0.2, -0.15) is 20.8 Å².